The van der Waals surface area contributed by atoms with E-state index in [-0.39, 0.29) is 17.6 Å². The van der Waals surface area contributed by atoms with Crippen LogP contribution in [0.4, 0.5) is 5.13 Å². The number of nitrogens with two attached hydrogens (primary N) is 1. The van der Waals surface area contributed by atoms with Crippen molar-refractivity contribution in [3.8, 4) is 0 Å². The molecule has 0 bridgehead atoms. The Morgan fingerprint density at radius 1 is 1.14 bits per heavy atom. The normalized spacial score (nSPS) is 10.8. The van der Waals surface area contributed by atoms with Gasteiger partial charge in [-0.2, -0.15) is 0 Å². The molecule has 146 valence electrons. The summed E-state index contributed by atoms with van der Waals surface area (Å²) in [6, 6.07) is 7.46. The Balaban J connectivity index is 1.57. The largest absolute Gasteiger partial charge is 0.369 e. The number of aromatic nitrogens is 2. The number of aryl methyl sites for hydroxylation is 2. The Hall–Kier alpha value is -1.88. The van der Waals surface area contributed by atoms with Gasteiger partial charge in [0.15, 0.2) is 5.13 Å². The summed E-state index contributed by atoms with van der Waals surface area (Å²) in [5.41, 5.74) is 7.58. The van der Waals surface area contributed by atoms with E-state index in [4.69, 9.17) is 5.73 Å². The average molecular weight is 451 g/mol. The van der Waals surface area contributed by atoms with Crippen molar-refractivity contribution in [3.63, 3.8) is 0 Å². The molecule has 0 fully saturated rings. The maximum atomic E-state index is 12.5. The molecule has 0 spiro atoms. The molecular weight excluding hydrogens is 432 g/mol. The number of thiazole rings is 2. The maximum absolute atomic E-state index is 12.5. The van der Waals surface area contributed by atoms with E-state index < -0.39 is 0 Å². The first kappa shape index (κ1) is 20.8. The Labute approximate surface area is 179 Å². The lowest BCUT2D eigenvalue weighted by atomic mass is 10.2. The molecule has 2 amide bonds. The number of rotatable bonds is 8. The third-order valence-corrected chi connectivity index (χ3v) is 7.82. The molecule has 3 aromatic rings. The first-order valence-corrected chi connectivity index (χ1v) is 11.9. The van der Waals surface area contributed by atoms with Crippen molar-refractivity contribution < 1.29 is 9.59 Å². The van der Waals surface area contributed by atoms with Crippen molar-refractivity contribution in [2.75, 3.05) is 11.1 Å². The van der Waals surface area contributed by atoms with Crippen LogP contribution in [0.25, 0.3) is 0 Å². The van der Waals surface area contributed by atoms with Gasteiger partial charge in [0.05, 0.1) is 26.4 Å². The molecule has 0 unspecified atom stereocenters. The van der Waals surface area contributed by atoms with Crippen LogP contribution in [0.2, 0.25) is 0 Å². The summed E-state index contributed by atoms with van der Waals surface area (Å²) in [7, 11) is 0. The van der Waals surface area contributed by atoms with Crippen LogP contribution >= 0.6 is 46.2 Å². The highest BCUT2D eigenvalue weighted by atomic mass is 32.2. The second kappa shape index (κ2) is 9.55. The van der Waals surface area contributed by atoms with Gasteiger partial charge in [0.25, 0.3) is 5.91 Å². The number of carbonyl (C=O) groups excluding carboxylic acids is 2. The minimum Gasteiger partial charge on any atom is -0.369 e. The minimum absolute atomic E-state index is 0.190. The molecule has 2 heterocycles. The molecule has 0 radical (unpaired) electrons. The fourth-order valence-corrected chi connectivity index (χ4v) is 5.59. The van der Waals surface area contributed by atoms with Crippen LogP contribution in [0, 0.1) is 13.8 Å². The molecule has 6 nitrogen and oxygen atoms in total. The molecule has 0 saturated heterocycles. The highest BCUT2D eigenvalue weighted by Gasteiger charge is 2.13. The SMILES string of the molecule is Cc1nc(CSc2ccc(C(=O)Nc3nc(C)c(SCC(N)=O)s3)cc2)cs1. The minimum atomic E-state index is -0.383. The molecule has 3 rings (SSSR count). The topological polar surface area (TPSA) is 98.0 Å². The number of anilines is 1. The zero-order valence-corrected chi connectivity index (χ0v) is 18.5. The molecule has 0 saturated carbocycles. The number of amides is 2. The van der Waals surface area contributed by atoms with E-state index in [0.717, 1.165) is 31.3 Å². The van der Waals surface area contributed by atoms with Gasteiger partial charge in [0.2, 0.25) is 5.91 Å². The summed E-state index contributed by atoms with van der Waals surface area (Å²) in [6.07, 6.45) is 0. The van der Waals surface area contributed by atoms with Crippen LogP contribution in [0.3, 0.4) is 0 Å². The quantitative estimate of drug-likeness (QED) is 0.496. The summed E-state index contributed by atoms with van der Waals surface area (Å²) >= 11 is 6.00. The molecule has 10 heteroatoms. The predicted molar refractivity (Wildman–Crippen MR) is 118 cm³/mol. The summed E-state index contributed by atoms with van der Waals surface area (Å²) in [4.78, 5) is 33.2. The lowest BCUT2D eigenvalue weighted by Crippen LogP contribution is -2.12. The second-order valence-corrected chi connectivity index (χ2v) is 10.1. The molecule has 3 N–H and O–H groups in total. The third kappa shape index (κ3) is 5.81. The Bertz CT molecular complexity index is 982. The van der Waals surface area contributed by atoms with Gasteiger partial charge in [-0.25, -0.2) is 9.97 Å². The standard InChI is InChI=1S/C18H18N4O2S4/c1-10-17(27-9-15(19)23)28-18(20-10)22-16(24)12-3-5-14(6-4-12)26-8-13-7-25-11(2)21-13/h3-7H,8-9H2,1-2H3,(H2,19,23)(H,20,22,24). The van der Waals surface area contributed by atoms with Gasteiger partial charge in [-0.1, -0.05) is 11.3 Å². The van der Waals surface area contributed by atoms with E-state index in [2.05, 4.69) is 20.7 Å². The number of benzene rings is 1. The molecule has 28 heavy (non-hydrogen) atoms. The zero-order valence-electron chi connectivity index (χ0n) is 15.2. The van der Waals surface area contributed by atoms with Crippen LogP contribution in [0.15, 0.2) is 38.8 Å². The van der Waals surface area contributed by atoms with E-state index in [9.17, 15) is 9.59 Å². The summed E-state index contributed by atoms with van der Waals surface area (Å²) < 4.78 is 0.873. The summed E-state index contributed by atoms with van der Waals surface area (Å²) in [6.45, 7) is 3.83. The number of primary amides is 1. The van der Waals surface area contributed by atoms with Gasteiger partial charge >= 0.3 is 0 Å². The van der Waals surface area contributed by atoms with E-state index in [1.807, 2.05) is 26.0 Å². The maximum Gasteiger partial charge on any atom is 0.257 e. The lowest BCUT2D eigenvalue weighted by molar-refractivity contribution is -0.115. The number of carbonyl (C=O) groups is 2. The first-order valence-electron chi connectivity index (χ1n) is 8.24. The van der Waals surface area contributed by atoms with E-state index in [0.29, 0.717) is 10.7 Å². The highest BCUT2D eigenvalue weighted by molar-refractivity contribution is 8.01. The van der Waals surface area contributed by atoms with E-state index in [1.165, 1.54) is 23.1 Å². The Kier molecular flexibility index (Phi) is 7.11. The van der Waals surface area contributed by atoms with Crippen molar-refractivity contribution in [1.29, 1.82) is 0 Å². The molecule has 0 atom stereocenters. The fraction of sp³-hybridized carbons (Fsp3) is 0.222. The van der Waals surface area contributed by atoms with Gasteiger partial charge < -0.3 is 5.73 Å². The molecule has 2 aromatic heterocycles. The van der Waals surface area contributed by atoms with Gasteiger partial charge in [-0.15, -0.1) is 34.9 Å². The Morgan fingerprint density at radius 2 is 1.89 bits per heavy atom. The predicted octanol–water partition coefficient (Wildman–Crippen LogP) is 4.34. The number of nitrogens with one attached hydrogen (secondary N) is 1. The van der Waals surface area contributed by atoms with Gasteiger partial charge in [-0.3, -0.25) is 14.9 Å². The number of nitrogens with zero attached hydrogens (tertiary/aromatic N) is 2. The van der Waals surface area contributed by atoms with Gasteiger partial charge in [0.1, 0.15) is 0 Å². The fourth-order valence-electron chi connectivity index (χ4n) is 2.21. The number of thioether (sulfide) groups is 2. The first-order chi connectivity index (χ1) is 13.4. The Morgan fingerprint density at radius 3 is 2.54 bits per heavy atom. The molecule has 0 aliphatic heterocycles. The van der Waals surface area contributed by atoms with Crippen molar-refractivity contribution in [2.45, 2.75) is 28.7 Å². The second-order valence-electron chi connectivity index (χ2n) is 5.77. The van der Waals surface area contributed by atoms with Crippen LogP contribution in [0.1, 0.15) is 26.8 Å². The van der Waals surface area contributed by atoms with Crippen LogP contribution in [-0.4, -0.2) is 27.5 Å². The monoisotopic (exact) mass is 450 g/mol. The summed E-state index contributed by atoms with van der Waals surface area (Å²) in [5, 5.41) is 6.45. The smallest absolute Gasteiger partial charge is 0.257 e. The van der Waals surface area contributed by atoms with E-state index >= 15 is 0 Å². The van der Waals surface area contributed by atoms with Crippen molar-refractivity contribution in [3.05, 3.63) is 51.6 Å². The summed E-state index contributed by atoms with van der Waals surface area (Å²) in [5.74, 6) is 0.397. The third-order valence-electron chi connectivity index (χ3n) is 3.49. The number of hydrogen-bond acceptors (Lipinski definition) is 8. The van der Waals surface area contributed by atoms with Crippen LogP contribution in [0.5, 0.6) is 0 Å². The molecular formula is C18H18N4O2S4. The van der Waals surface area contributed by atoms with Gasteiger partial charge in [0, 0.05) is 21.6 Å². The zero-order chi connectivity index (χ0) is 20.1. The lowest BCUT2D eigenvalue weighted by Gasteiger charge is -2.04. The van der Waals surface area contributed by atoms with Crippen molar-refractivity contribution >= 4 is 63.1 Å². The highest BCUT2D eigenvalue weighted by Crippen LogP contribution is 2.32. The van der Waals surface area contributed by atoms with Crippen LogP contribution in [-0.2, 0) is 10.5 Å². The van der Waals surface area contributed by atoms with Gasteiger partial charge in [-0.05, 0) is 38.1 Å². The molecule has 0 aliphatic carbocycles. The molecule has 1 aromatic carbocycles. The van der Waals surface area contributed by atoms with Crippen LogP contribution < -0.4 is 11.1 Å². The van der Waals surface area contributed by atoms with Crippen molar-refractivity contribution in [1.82, 2.24) is 9.97 Å². The van der Waals surface area contributed by atoms with E-state index in [1.54, 1.807) is 35.2 Å². The van der Waals surface area contributed by atoms with Crippen molar-refractivity contribution in [2.24, 2.45) is 5.73 Å². The number of hydrogen-bond donors (Lipinski definition) is 2. The average Bonchev–Trinajstić information content (AvgIpc) is 3.23. The molecule has 0 aliphatic rings.